The number of likely N-dealkylation sites (N-methyl/N-ethyl adjacent to an activating group) is 1. The fourth-order valence-corrected chi connectivity index (χ4v) is 1.85. The Bertz CT molecular complexity index is 497. The van der Waals surface area contributed by atoms with Crippen LogP contribution in [-0.4, -0.2) is 36.4 Å². The summed E-state index contributed by atoms with van der Waals surface area (Å²) in [4.78, 5) is 4.34. The smallest absolute Gasteiger partial charge is 0.145 e. The molecule has 0 saturated carbocycles. The van der Waals surface area contributed by atoms with Crippen LogP contribution in [0.5, 0.6) is 5.75 Å². The summed E-state index contributed by atoms with van der Waals surface area (Å²) in [5.41, 5.74) is 0.874. The average Bonchev–Trinajstić information content (AvgIpc) is 2.43. The van der Waals surface area contributed by atoms with Gasteiger partial charge in [0.2, 0.25) is 0 Å². The second-order valence-corrected chi connectivity index (χ2v) is 4.14. The molecule has 2 aromatic rings. The number of pyridine rings is 1. The zero-order valence-electron chi connectivity index (χ0n) is 10.5. The van der Waals surface area contributed by atoms with E-state index in [0.717, 1.165) is 16.7 Å². The molecule has 4 heteroatoms. The highest BCUT2D eigenvalue weighted by atomic mass is 16.5. The Hall–Kier alpha value is -1.65. The number of aromatic nitrogens is 1. The molecule has 2 rings (SSSR count). The molecule has 96 valence electrons. The first-order chi connectivity index (χ1) is 8.85. The predicted molar refractivity (Wildman–Crippen MR) is 71.8 cm³/mol. The molecule has 0 bridgehead atoms. The lowest BCUT2D eigenvalue weighted by molar-refractivity contribution is 0.220. The van der Waals surface area contributed by atoms with E-state index in [2.05, 4.69) is 10.3 Å². The van der Waals surface area contributed by atoms with Crippen molar-refractivity contribution < 1.29 is 9.84 Å². The minimum absolute atomic E-state index is 0.147. The van der Waals surface area contributed by atoms with Crippen molar-refractivity contribution in [1.82, 2.24) is 10.3 Å². The first-order valence-electron chi connectivity index (χ1n) is 6.10. The van der Waals surface area contributed by atoms with E-state index in [-0.39, 0.29) is 12.6 Å². The third-order valence-electron chi connectivity index (χ3n) is 2.92. The van der Waals surface area contributed by atoms with Crippen LogP contribution in [0, 0.1) is 0 Å². The van der Waals surface area contributed by atoms with E-state index in [4.69, 9.17) is 9.84 Å². The largest absolute Gasteiger partial charge is 0.490 e. The molecule has 1 aromatic heterocycles. The van der Waals surface area contributed by atoms with Crippen molar-refractivity contribution in [2.24, 2.45) is 0 Å². The molecule has 0 fully saturated rings. The fraction of sp³-hybridized carbons (Fsp3) is 0.357. The third-order valence-corrected chi connectivity index (χ3v) is 2.92. The molecular formula is C14H18N2O2. The normalized spacial score (nSPS) is 12.6. The van der Waals surface area contributed by atoms with Crippen molar-refractivity contribution >= 4 is 10.9 Å². The zero-order valence-corrected chi connectivity index (χ0v) is 10.5. The highest BCUT2D eigenvalue weighted by Gasteiger charge is 2.08. The molecule has 0 aliphatic rings. The minimum Gasteiger partial charge on any atom is -0.490 e. The van der Waals surface area contributed by atoms with Crippen molar-refractivity contribution in [2.45, 2.75) is 12.5 Å². The molecule has 1 unspecified atom stereocenters. The van der Waals surface area contributed by atoms with Crippen LogP contribution in [0.4, 0.5) is 0 Å². The van der Waals surface area contributed by atoms with Crippen molar-refractivity contribution in [3.05, 3.63) is 36.5 Å². The number of aliphatic hydroxyl groups excluding tert-OH is 1. The van der Waals surface area contributed by atoms with Gasteiger partial charge in [-0.25, -0.2) is 0 Å². The molecule has 0 spiro atoms. The monoisotopic (exact) mass is 246 g/mol. The van der Waals surface area contributed by atoms with Crippen molar-refractivity contribution in [2.75, 3.05) is 20.3 Å². The molecule has 0 aliphatic heterocycles. The lowest BCUT2D eigenvalue weighted by Crippen LogP contribution is -2.32. The Morgan fingerprint density at radius 3 is 2.94 bits per heavy atom. The molecule has 0 aliphatic carbocycles. The van der Waals surface area contributed by atoms with Crippen LogP contribution in [0.25, 0.3) is 10.9 Å². The van der Waals surface area contributed by atoms with Crippen LogP contribution in [0.1, 0.15) is 6.42 Å². The number of fused-ring (bicyclic) bond motifs is 1. The maximum Gasteiger partial charge on any atom is 0.145 e. The van der Waals surface area contributed by atoms with Crippen LogP contribution in [0.3, 0.4) is 0 Å². The van der Waals surface area contributed by atoms with E-state index in [1.807, 2.05) is 37.4 Å². The Labute approximate surface area is 107 Å². The molecule has 0 amide bonds. The zero-order chi connectivity index (χ0) is 12.8. The van der Waals surface area contributed by atoms with E-state index in [0.29, 0.717) is 13.0 Å². The van der Waals surface area contributed by atoms with Gasteiger partial charge >= 0.3 is 0 Å². The molecule has 0 saturated heterocycles. The van der Waals surface area contributed by atoms with Crippen molar-refractivity contribution in [3.63, 3.8) is 0 Å². The van der Waals surface area contributed by atoms with Gasteiger partial charge in [-0.15, -0.1) is 0 Å². The lowest BCUT2D eigenvalue weighted by atomic mass is 10.2. The van der Waals surface area contributed by atoms with Gasteiger partial charge in [-0.1, -0.05) is 18.2 Å². The molecule has 18 heavy (non-hydrogen) atoms. The Balaban J connectivity index is 2.11. The first-order valence-corrected chi connectivity index (χ1v) is 6.10. The van der Waals surface area contributed by atoms with Gasteiger partial charge in [0, 0.05) is 24.2 Å². The first kappa shape index (κ1) is 12.8. The number of rotatable bonds is 6. The van der Waals surface area contributed by atoms with Gasteiger partial charge in [-0.05, 0) is 25.6 Å². The van der Waals surface area contributed by atoms with E-state index in [1.54, 1.807) is 6.20 Å². The van der Waals surface area contributed by atoms with Gasteiger partial charge in [0.1, 0.15) is 17.9 Å². The van der Waals surface area contributed by atoms with Crippen LogP contribution in [-0.2, 0) is 0 Å². The summed E-state index contributed by atoms with van der Waals surface area (Å²) in [5, 5.41) is 13.1. The second kappa shape index (κ2) is 6.33. The summed E-state index contributed by atoms with van der Waals surface area (Å²) >= 11 is 0. The number of nitrogens with one attached hydrogen (secondary N) is 1. The number of benzene rings is 1. The molecule has 1 aromatic carbocycles. The van der Waals surface area contributed by atoms with Crippen LogP contribution < -0.4 is 10.1 Å². The average molecular weight is 246 g/mol. The van der Waals surface area contributed by atoms with Gasteiger partial charge in [0.25, 0.3) is 0 Å². The number of hydrogen-bond donors (Lipinski definition) is 2. The maximum atomic E-state index is 8.93. The van der Waals surface area contributed by atoms with Crippen LogP contribution in [0.15, 0.2) is 36.5 Å². The van der Waals surface area contributed by atoms with E-state index < -0.39 is 0 Å². The molecule has 4 nitrogen and oxygen atoms in total. The molecule has 1 atom stereocenters. The molecule has 2 N–H and O–H groups in total. The van der Waals surface area contributed by atoms with Gasteiger partial charge in [0.05, 0.1) is 0 Å². The highest BCUT2D eigenvalue weighted by Crippen LogP contribution is 2.22. The summed E-state index contributed by atoms with van der Waals surface area (Å²) in [6.45, 7) is 0.676. The quantitative estimate of drug-likeness (QED) is 0.812. The van der Waals surface area contributed by atoms with E-state index in [9.17, 15) is 0 Å². The summed E-state index contributed by atoms with van der Waals surface area (Å²) in [6, 6.07) is 9.96. The van der Waals surface area contributed by atoms with Crippen LogP contribution in [0.2, 0.25) is 0 Å². The molecule has 1 heterocycles. The Morgan fingerprint density at radius 2 is 2.17 bits per heavy atom. The van der Waals surface area contributed by atoms with Gasteiger partial charge in [0.15, 0.2) is 0 Å². The third kappa shape index (κ3) is 2.97. The van der Waals surface area contributed by atoms with Gasteiger partial charge in [-0.3, -0.25) is 4.98 Å². The Kier molecular flexibility index (Phi) is 4.50. The number of ether oxygens (including phenoxy) is 1. The van der Waals surface area contributed by atoms with E-state index in [1.165, 1.54) is 0 Å². The SMILES string of the molecule is CNC(CCO)COc1cccc2cccnc12. The molecule has 0 radical (unpaired) electrons. The highest BCUT2D eigenvalue weighted by molar-refractivity contribution is 5.84. The number of para-hydroxylation sites is 1. The number of hydrogen-bond acceptors (Lipinski definition) is 4. The topological polar surface area (TPSA) is 54.4 Å². The summed E-state index contributed by atoms with van der Waals surface area (Å²) < 4.78 is 5.79. The summed E-state index contributed by atoms with van der Waals surface area (Å²) in [6.07, 6.45) is 2.44. The number of aliphatic hydroxyl groups is 1. The second-order valence-electron chi connectivity index (χ2n) is 4.14. The van der Waals surface area contributed by atoms with Gasteiger partial charge in [-0.2, -0.15) is 0 Å². The van der Waals surface area contributed by atoms with Crippen LogP contribution >= 0.6 is 0 Å². The minimum atomic E-state index is 0.147. The standard InChI is InChI=1S/C14H18N2O2/c1-15-12(7-9-17)10-18-13-6-2-4-11-5-3-8-16-14(11)13/h2-6,8,12,15,17H,7,9-10H2,1H3. The summed E-state index contributed by atoms with van der Waals surface area (Å²) in [5.74, 6) is 0.784. The fourth-order valence-electron chi connectivity index (χ4n) is 1.85. The van der Waals surface area contributed by atoms with E-state index >= 15 is 0 Å². The summed E-state index contributed by atoms with van der Waals surface area (Å²) in [7, 11) is 1.87. The Morgan fingerprint density at radius 1 is 1.33 bits per heavy atom. The maximum absolute atomic E-state index is 8.93. The van der Waals surface area contributed by atoms with Crippen molar-refractivity contribution in [1.29, 1.82) is 0 Å². The predicted octanol–water partition coefficient (Wildman–Crippen LogP) is 1.58. The lowest BCUT2D eigenvalue weighted by Gasteiger charge is -2.16. The molecular weight excluding hydrogens is 228 g/mol. The van der Waals surface area contributed by atoms with Gasteiger partial charge < -0.3 is 15.2 Å². The van der Waals surface area contributed by atoms with Crippen molar-refractivity contribution in [3.8, 4) is 5.75 Å². The number of nitrogens with zero attached hydrogens (tertiary/aromatic N) is 1.